The van der Waals surface area contributed by atoms with Crippen molar-refractivity contribution in [1.82, 2.24) is 4.31 Å². The highest BCUT2D eigenvalue weighted by Gasteiger charge is 2.20. The van der Waals surface area contributed by atoms with Gasteiger partial charge in [0.15, 0.2) is 6.61 Å². The molecule has 2 aromatic carbocycles. The Morgan fingerprint density at radius 3 is 2.34 bits per heavy atom. The first-order chi connectivity index (χ1) is 13.5. The second-order valence-electron chi connectivity index (χ2n) is 5.85. The van der Waals surface area contributed by atoms with Crippen molar-refractivity contribution in [1.29, 1.82) is 0 Å². The normalized spacial score (nSPS) is 11.2. The second-order valence-corrected chi connectivity index (χ2v) is 8.01. The Bertz CT molecular complexity index is 1050. The first-order valence-corrected chi connectivity index (χ1v) is 9.40. The van der Waals surface area contributed by atoms with Crippen molar-refractivity contribution in [2.45, 2.75) is 4.90 Å². The number of amides is 1. The van der Waals surface area contributed by atoms with Gasteiger partial charge in [-0.3, -0.25) is 14.9 Å². The minimum absolute atomic E-state index is 0.00303. The number of hydrogen-bond donors (Lipinski definition) is 1. The molecular formula is C17H16FN3O7S. The second kappa shape index (κ2) is 8.75. The van der Waals surface area contributed by atoms with Crippen LogP contribution in [0.25, 0.3) is 0 Å². The van der Waals surface area contributed by atoms with Crippen LogP contribution in [0, 0.1) is 15.9 Å². The van der Waals surface area contributed by atoms with Crippen LogP contribution in [-0.4, -0.2) is 50.2 Å². The van der Waals surface area contributed by atoms with Gasteiger partial charge in [0.2, 0.25) is 10.0 Å². The maximum absolute atomic E-state index is 13.1. The number of ether oxygens (including phenoxy) is 1. The molecular weight excluding hydrogens is 409 g/mol. The summed E-state index contributed by atoms with van der Waals surface area (Å²) in [5.74, 6) is -2.62. The molecule has 0 spiro atoms. The van der Waals surface area contributed by atoms with Gasteiger partial charge < -0.3 is 10.1 Å². The lowest BCUT2D eigenvalue weighted by Gasteiger charge is -2.11. The Morgan fingerprint density at radius 1 is 1.17 bits per heavy atom. The molecule has 12 heteroatoms. The summed E-state index contributed by atoms with van der Waals surface area (Å²) >= 11 is 0. The van der Waals surface area contributed by atoms with Gasteiger partial charge in [0.25, 0.3) is 11.6 Å². The number of halogens is 1. The summed E-state index contributed by atoms with van der Waals surface area (Å²) in [6.07, 6.45) is 0. The molecule has 1 amide bonds. The van der Waals surface area contributed by atoms with E-state index in [0.717, 1.165) is 16.4 Å². The molecule has 0 aromatic heterocycles. The van der Waals surface area contributed by atoms with Crippen molar-refractivity contribution in [2.24, 2.45) is 0 Å². The lowest BCUT2D eigenvalue weighted by Crippen LogP contribution is -2.22. The molecule has 0 aliphatic carbocycles. The van der Waals surface area contributed by atoms with E-state index in [-0.39, 0.29) is 16.1 Å². The number of anilines is 1. The molecule has 0 atom stereocenters. The molecule has 10 nitrogen and oxygen atoms in total. The molecule has 0 aliphatic heterocycles. The minimum Gasteiger partial charge on any atom is -0.452 e. The number of nitrogens with zero attached hydrogens (tertiary/aromatic N) is 2. The van der Waals surface area contributed by atoms with Gasteiger partial charge in [0.05, 0.1) is 21.4 Å². The smallest absolute Gasteiger partial charge is 0.338 e. The number of nitro groups is 1. The average molecular weight is 425 g/mol. The molecule has 0 unspecified atom stereocenters. The zero-order valence-corrected chi connectivity index (χ0v) is 16.1. The third-order valence-electron chi connectivity index (χ3n) is 3.63. The summed E-state index contributed by atoms with van der Waals surface area (Å²) < 4.78 is 42.9. The predicted molar refractivity (Wildman–Crippen MR) is 99.3 cm³/mol. The molecule has 0 heterocycles. The summed E-state index contributed by atoms with van der Waals surface area (Å²) in [5, 5.41) is 13.1. The van der Waals surface area contributed by atoms with Crippen molar-refractivity contribution in [2.75, 3.05) is 26.0 Å². The summed E-state index contributed by atoms with van der Waals surface area (Å²) in [4.78, 5) is 33.9. The maximum atomic E-state index is 13.1. The topological polar surface area (TPSA) is 136 Å². The Hall–Kier alpha value is -3.38. The van der Waals surface area contributed by atoms with Crippen LogP contribution in [0.3, 0.4) is 0 Å². The van der Waals surface area contributed by atoms with Crippen molar-refractivity contribution in [3.05, 3.63) is 64.0 Å². The van der Waals surface area contributed by atoms with Gasteiger partial charge in [-0.05, 0) is 36.4 Å². The molecule has 0 saturated heterocycles. The van der Waals surface area contributed by atoms with E-state index < -0.39 is 44.9 Å². The van der Waals surface area contributed by atoms with E-state index >= 15 is 0 Å². The monoisotopic (exact) mass is 425 g/mol. The fourth-order valence-corrected chi connectivity index (χ4v) is 3.04. The number of esters is 1. The van der Waals surface area contributed by atoms with Crippen LogP contribution < -0.4 is 5.32 Å². The average Bonchev–Trinajstić information content (AvgIpc) is 2.67. The Morgan fingerprint density at radius 2 is 1.79 bits per heavy atom. The van der Waals surface area contributed by atoms with Gasteiger partial charge in [-0.25, -0.2) is 21.9 Å². The van der Waals surface area contributed by atoms with Crippen LogP contribution in [0.2, 0.25) is 0 Å². The number of carbonyl (C=O) groups is 2. The van der Waals surface area contributed by atoms with Gasteiger partial charge in [-0.15, -0.1) is 0 Å². The molecule has 0 fully saturated rings. The molecule has 0 aliphatic rings. The van der Waals surface area contributed by atoms with Crippen LogP contribution in [0.15, 0.2) is 47.4 Å². The number of carbonyl (C=O) groups excluding carboxylic acids is 2. The molecule has 29 heavy (non-hydrogen) atoms. The van der Waals surface area contributed by atoms with Crippen LogP contribution >= 0.6 is 0 Å². The maximum Gasteiger partial charge on any atom is 0.338 e. The van der Waals surface area contributed by atoms with Crippen molar-refractivity contribution in [3.63, 3.8) is 0 Å². The van der Waals surface area contributed by atoms with Gasteiger partial charge in [0, 0.05) is 14.1 Å². The predicted octanol–water partition coefficient (Wildman–Crippen LogP) is 1.78. The Kier molecular flexibility index (Phi) is 6.61. The standard InChI is InChI=1S/C17H16FN3O7S/c1-20(2)29(26,27)13-6-3-11(4-7-13)17(23)28-10-16(22)19-14-8-5-12(18)9-15(14)21(24)25/h3-9H,10H2,1-2H3,(H,19,22). The number of rotatable bonds is 7. The third-order valence-corrected chi connectivity index (χ3v) is 5.46. The van der Waals surface area contributed by atoms with E-state index in [0.29, 0.717) is 6.07 Å². The van der Waals surface area contributed by atoms with Gasteiger partial charge in [-0.1, -0.05) is 0 Å². The van der Waals surface area contributed by atoms with Crippen molar-refractivity contribution < 1.29 is 32.1 Å². The van der Waals surface area contributed by atoms with Gasteiger partial charge in [0.1, 0.15) is 11.5 Å². The molecule has 154 valence electrons. The highest BCUT2D eigenvalue weighted by atomic mass is 32.2. The lowest BCUT2D eigenvalue weighted by atomic mass is 10.2. The van der Waals surface area contributed by atoms with E-state index in [1.807, 2.05) is 0 Å². The molecule has 0 radical (unpaired) electrons. The van der Waals surface area contributed by atoms with Gasteiger partial charge in [-0.2, -0.15) is 0 Å². The zero-order valence-electron chi connectivity index (χ0n) is 15.3. The Labute approximate surface area is 165 Å². The van der Waals surface area contributed by atoms with E-state index in [9.17, 15) is 32.5 Å². The highest BCUT2D eigenvalue weighted by molar-refractivity contribution is 7.89. The molecule has 0 bridgehead atoms. The SMILES string of the molecule is CN(C)S(=O)(=O)c1ccc(C(=O)OCC(=O)Nc2ccc(F)cc2[N+](=O)[O-])cc1. The third kappa shape index (κ3) is 5.33. The summed E-state index contributed by atoms with van der Waals surface area (Å²) in [7, 11) is -0.933. The number of sulfonamides is 1. The van der Waals surface area contributed by atoms with Crippen molar-refractivity contribution in [3.8, 4) is 0 Å². The zero-order chi connectivity index (χ0) is 21.8. The van der Waals surface area contributed by atoms with Crippen molar-refractivity contribution >= 4 is 33.3 Å². The Balaban J connectivity index is 2.01. The van der Waals surface area contributed by atoms with Gasteiger partial charge >= 0.3 is 5.97 Å². The number of hydrogen-bond acceptors (Lipinski definition) is 7. The van der Waals surface area contributed by atoms with E-state index in [1.165, 1.54) is 38.4 Å². The molecule has 0 saturated carbocycles. The largest absolute Gasteiger partial charge is 0.452 e. The van der Waals surface area contributed by atoms with E-state index in [1.54, 1.807) is 0 Å². The fraction of sp³-hybridized carbons (Fsp3) is 0.176. The van der Waals surface area contributed by atoms with E-state index in [4.69, 9.17) is 4.74 Å². The summed E-state index contributed by atoms with van der Waals surface area (Å²) in [6.45, 7) is -0.759. The first-order valence-electron chi connectivity index (χ1n) is 7.96. The van der Waals surface area contributed by atoms with Crippen LogP contribution in [0.1, 0.15) is 10.4 Å². The molecule has 1 N–H and O–H groups in total. The van der Waals surface area contributed by atoms with E-state index in [2.05, 4.69) is 5.32 Å². The quantitative estimate of drug-likeness (QED) is 0.406. The minimum atomic E-state index is -3.66. The first kappa shape index (κ1) is 21.9. The van der Waals surface area contributed by atoms with Crippen LogP contribution in [0.4, 0.5) is 15.8 Å². The summed E-state index contributed by atoms with van der Waals surface area (Å²) in [5.41, 5.74) is -0.902. The summed E-state index contributed by atoms with van der Waals surface area (Å²) in [6, 6.07) is 7.46. The van der Waals surface area contributed by atoms with Crippen LogP contribution in [-0.2, 0) is 19.6 Å². The van der Waals surface area contributed by atoms with Crippen LogP contribution in [0.5, 0.6) is 0 Å². The molecule has 2 rings (SSSR count). The number of nitrogens with one attached hydrogen (secondary N) is 1. The lowest BCUT2D eigenvalue weighted by molar-refractivity contribution is -0.384. The number of nitro benzene ring substituents is 1. The number of benzene rings is 2. The molecule has 2 aromatic rings. The fourth-order valence-electron chi connectivity index (χ4n) is 2.14. The highest BCUT2D eigenvalue weighted by Crippen LogP contribution is 2.24.